The van der Waals surface area contributed by atoms with Gasteiger partial charge in [-0.2, -0.15) is 30.7 Å². The average molecular weight is 306 g/mol. The second kappa shape index (κ2) is 4.91. The lowest BCUT2D eigenvalue weighted by atomic mass is 10.0. The molecule has 10 heteroatoms. The van der Waals surface area contributed by atoms with E-state index in [0.29, 0.717) is 0 Å². The molecule has 0 bridgehead atoms. The number of ketones is 2. The minimum absolute atomic E-state index is 0.607. The van der Waals surface area contributed by atoms with Crippen LogP contribution in [0.1, 0.15) is 17.0 Å². The molecule has 1 aromatic rings. The third kappa shape index (κ3) is 2.68. The van der Waals surface area contributed by atoms with E-state index < -0.39 is 41.8 Å². The normalized spacial score (nSPS) is 13.3. The van der Waals surface area contributed by atoms with Gasteiger partial charge in [-0.1, -0.05) is 0 Å². The van der Waals surface area contributed by atoms with Crippen LogP contribution in [0.25, 0.3) is 0 Å². The van der Waals surface area contributed by atoms with E-state index in [9.17, 15) is 40.3 Å². The van der Waals surface area contributed by atoms with Crippen LogP contribution in [0, 0.1) is 0 Å². The number of carbonyl (C=O) groups is 2. The molecule has 0 aliphatic rings. The molecule has 0 aliphatic heterocycles. The summed E-state index contributed by atoms with van der Waals surface area (Å²) in [6, 6.07) is 2.08. The Bertz CT molecular complexity index is 501. The number of carbonyl (C=O) groups excluding carboxylic acids is 2. The predicted octanol–water partition coefficient (Wildman–Crippen LogP) is 3.25. The molecule has 0 N–H and O–H groups in total. The summed E-state index contributed by atoms with van der Waals surface area (Å²) >= 11 is 0. The van der Waals surface area contributed by atoms with Gasteiger partial charge >= 0.3 is 18.0 Å². The van der Waals surface area contributed by atoms with Crippen LogP contribution in [0.5, 0.6) is 0 Å². The molecule has 0 saturated heterocycles. The van der Waals surface area contributed by atoms with Crippen molar-refractivity contribution in [1.29, 1.82) is 0 Å². The quantitative estimate of drug-likeness (QED) is 0.476. The topological polar surface area (TPSA) is 47.3 Å². The second-order valence-electron chi connectivity index (χ2n) is 3.65. The molecule has 112 valence electrons. The van der Waals surface area contributed by atoms with E-state index >= 15 is 0 Å². The maximum atomic E-state index is 12.9. The third-order valence-corrected chi connectivity index (χ3v) is 2.22. The lowest BCUT2D eigenvalue weighted by Crippen LogP contribution is -2.56. The molecule has 0 atom stereocenters. The van der Waals surface area contributed by atoms with Crippen molar-refractivity contribution in [3.05, 3.63) is 24.2 Å². The summed E-state index contributed by atoms with van der Waals surface area (Å²) < 4.78 is 90.7. The summed E-state index contributed by atoms with van der Waals surface area (Å²) in [7, 11) is 0. The molecule has 0 spiro atoms. The van der Waals surface area contributed by atoms with Crippen molar-refractivity contribution in [3.63, 3.8) is 0 Å². The minimum Gasteiger partial charge on any atom is -0.461 e. The summed E-state index contributed by atoms with van der Waals surface area (Å²) in [5.41, 5.74) is 0. The number of rotatable bonds is 5. The zero-order valence-corrected chi connectivity index (χ0v) is 9.31. The Hall–Kier alpha value is -1.87. The minimum atomic E-state index is -6.63. The molecule has 0 radical (unpaired) electrons. The van der Waals surface area contributed by atoms with Crippen LogP contribution in [-0.4, -0.2) is 29.6 Å². The van der Waals surface area contributed by atoms with Gasteiger partial charge in [-0.25, -0.2) is 0 Å². The molecular weight excluding hydrogens is 301 g/mol. The molecular formula is C10H5F7O3. The van der Waals surface area contributed by atoms with Crippen LogP contribution < -0.4 is 0 Å². The Morgan fingerprint density at radius 3 is 2.00 bits per heavy atom. The Labute approximate surface area is 106 Å². The molecule has 0 amide bonds. The van der Waals surface area contributed by atoms with Crippen molar-refractivity contribution in [2.24, 2.45) is 0 Å². The number of alkyl halides is 7. The SMILES string of the molecule is O=C(CC(=O)C(F)(F)C(F)(F)C(F)(F)F)c1ccco1. The molecule has 0 fully saturated rings. The van der Waals surface area contributed by atoms with Crippen molar-refractivity contribution < 1.29 is 44.7 Å². The second-order valence-corrected chi connectivity index (χ2v) is 3.65. The fourth-order valence-corrected chi connectivity index (χ4v) is 1.13. The van der Waals surface area contributed by atoms with Gasteiger partial charge < -0.3 is 4.42 Å². The molecule has 0 aromatic carbocycles. The van der Waals surface area contributed by atoms with Crippen LogP contribution in [0.2, 0.25) is 0 Å². The van der Waals surface area contributed by atoms with Crippen LogP contribution in [0.4, 0.5) is 30.7 Å². The van der Waals surface area contributed by atoms with Gasteiger partial charge in [-0.05, 0) is 12.1 Å². The summed E-state index contributed by atoms with van der Waals surface area (Å²) in [5, 5.41) is 0. The largest absolute Gasteiger partial charge is 0.461 e. The first-order valence-corrected chi connectivity index (χ1v) is 4.83. The maximum absolute atomic E-state index is 12.9. The van der Waals surface area contributed by atoms with Crippen molar-refractivity contribution in [3.8, 4) is 0 Å². The van der Waals surface area contributed by atoms with Crippen LogP contribution in [0.3, 0.4) is 0 Å². The highest BCUT2D eigenvalue weighted by atomic mass is 19.4. The first kappa shape index (κ1) is 16.2. The number of Topliss-reactive ketones (excluding diaryl/α,β-unsaturated/α-hetero) is 2. The lowest BCUT2D eigenvalue weighted by Gasteiger charge is -2.26. The average Bonchev–Trinajstić information content (AvgIpc) is 2.80. The van der Waals surface area contributed by atoms with Gasteiger partial charge in [0.05, 0.1) is 12.7 Å². The van der Waals surface area contributed by atoms with E-state index in [0.717, 1.165) is 18.4 Å². The molecule has 1 aromatic heterocycles. The smallest absolute Gasteiger partial charge is 0.460 e. The van der Waals surface area contributed by atoms with Crippen molar-refractivity contribution >= 4 is 11.6 Å². The van der Waals surface area contributed by atoms with E-state index in [4.69, 9.17) is 0 Å². The van der Waals surface area contributed by atoms with Gasteiger partial charge in [-0.15, -0.1) is 0 Å². The highest BCUT2D eigenvalue weighted by Gasteiger charge is 2.75. The lowest BCUT2D eigenvalue weighted by molar-refractivity contribution is -0.343. The van der Waals surface area contributed by atoms with Crippen LogP contribution >= 0.6 is 0 Å². The molecule has 1 rings (SSSR count). The first-order chi connectivity index (χ1) is 8.91. The standard InChI is InChI=1S/C10H5F7O3/c11-8(12,9(13,14)10(15,16)17)7(19)4-5(18)6-2-1-3-20-6/h1-3H,4H2. The van der Waals surface area contributed by atoms with Gasteiger partial charge in [0.25, 0.3) is 0 Å². The maximum Gasteiger partial charge on any atom is 0.460 e. The van der Waals surface area contributed by atoms with Gasteiger partial charge in [0.1, 0.15) is 0 Å². The van der Waals surface area contributed by atoms with Gasteiger partial charge in [-0.3, -0.25) is 9.59 Å². The first-order valence-electron chi connectivity index (χ1n) is 4.83. The van der Waals surface area contributed by atoms with E-state index in [-0.39, 0.29) is 0 Å². The Balaban J connectivity index is 2.93. The fraction of sp³-hybridized carbons (Fsp3) is 0.400. The Morgan fingerprint density at radius 1 is 1.05 bits per heavy atom. The highest BCUT2D eigenvalue weighted by molar-refractivity contribution is 6.08. The Kier molecular flexibility index (Phi) is 3.97. The van der Waals surface area contributed by atoms with Crippen molar-refractivity contribution in [2.75, 3.05) is 0 Å². The molecule has 0 saturated carbocycles. The number of hydrogen-bond acceptors (Lipinski definition) is 3. The van der Waals surface area contributed by atoms with E-state index in [1.54, 1.807) is 0 Å². The van der Waals surface area contributed by atoms with E-state index in [1.807, 2.05) is 0 Å². The zero-order chi connectivity index (χ0) is 15.8. The van der Waals surface area contributed by atoms with Crippen molar-refractivity contribution in [2.45, 2.75) is 24.4 Å². The zero-order valence-electron chi connectivity index (χ0n) is 9.31. The Morgan fingerprint density at radius 2 is 1.60 bits per heavy atom. The van der Waals surface area contributed by atoms with Crippen LogP contribution in [0.15, 0.2) is 22.8 Å². The monoisotopic (exact) mass is 306 g/mol. The molecule has 0 unspecified atom stereocenters. The summed E-state index contributed by atoms with van der Waals surface area (Å²) in [6.07, 6.45) is -7.54. The molecule has 20 heavy (non-hydrogen) atoms. The summed E-state index contributed by atoms with van der Waals surface area (Å²) in [6.45, 7) is 0. The number of halogens is 7. The highest BCUT2D eigenvalue weighted by Crippen LogP contribution is 2.47. The molecule has 0 aliphatic carbocycles. The van der Waals surface area contributed by atoms with E-state index in [2.05, 4.69) is 4.42 Å². The predicted molar refractivity (Wildman–Crippen MR) is 48.6 cm³/mol. The van der Waals surface area contributed by atoms with Crippen LogP contribution in [-0.2, 0) is 4.79 Å². The number of hydrogen-bond donors (Lipinski definition) is 0. The van der Waals surface area contributed by atoms with Gasteiger partial charge in [0.2, 0.25) is 11.6 Å². The van der Waals surface area contributed by atoms with Crippen molar-refractivity contribution in [1.82, 2.24) is 0 Å². The summed E-state index contributed by atoms with van der Waals surface area (Å²) in [4.78, 5) is 22.0. The molecule has 1 heterocycles. The van der Waals surface area contributed by atoms with Gasteiger partial charge in [0, 0.05) is 0 Å². The molecule has 3 nitrogen and oxygen atoms in total. The van der Waals surface area contributed by atoms with Gasteiger partial charge in [0.15, 0.2) is 5.76 Å². The number of furan rings is 1. The van der Waals surface area contributed by atoms with E-state index in [1.165, 1.54) is 0 Å². The summed E-state index contributed by atoms with van der Waals surface area (Å²) in [5.74, 6) is -17.5. The third-order valence-electron chi connectivity index (χ3n) is 2.22. The fourth-order valence-electron chi connectivity index (χ4n) is 1.13.